The number of rotatable bonds is 3. The van der Waals surface area contributed by atoms with Crippen molar-refractivity contribution in [2.24, 2.45) is 5.73 Å². The van der Waals surface area contributed by atoms with Crippen LogP contribution in [0.3, 0.4) is 0 Å². The minimum absolute atomic E-state index is 0.570. The largest absolute Gasteiger partial charge is 0.326 e. The van der Waals surface area contributed by atoms with Gasteiger partial charge >= 0.3 is 0 Å². The molecular weight excluding hydrogens is 218 g/mol. The van der Waals surface area contributed by atoms with Crippen LogP contribution in [0.25, 0.3) is 11.3 Å². The Hall–Kier alpha value is -1.39. The molecule has 82 valence electrons. The molecule has 0 aliphatic heterocycles. The second-order valence-corrected chi connectivity index (χ2v) is 4.10. The molecule has 2 aromatic rings. The molecule has 0 unspecified atom stereocenters. The molecule has 2 rings (SSSR count). The van der Waals surface area contributed by atoms with Crippen molar-refractivity contribution < 1.29 is 0 Å². The highest BCUT2D eigenvalue weighted by Crippen LogP contribution is 2.19. The maximum Gasteiger partial charge on any atom is 0.187 e. The van der Waals surface area contributed by atoms with Crippen molar-refractivity contribution in [1.82, 2.24) is 9.97 Å². The number of nitrogens with two attached hydrogens (primary N) is 1. The Labute approximate surface area is 99.1 Å². The molecule has 0 aliphatic rings. The van der Waals surface area contributed by atoms with Crippen LogP contribution in [-0.2, 0) is 6.54 Å². The van der Waals surface area contributed by atoms with Gasteiger partial charge in [-0.1, -0.05) is 36.0 Å². The number of hydrogen-bond donors (Lipinski definition) is 1. The molecule has 16 heavy (non-hydrogen) atoms. The fraction of sp³-hybridized carbons (Fsp3) is 0.167. The summed E-state index contributed by atoms with van der Waals surface area (Å²) in [6.45, 7) is 0.570. The molecule has 0 saturated heterocycles. The summed E-state index contributed by atoms with van der Waals surface area (Å²) in [5.41, 5.74) is 8.72. The summed E-state index contributed by atoms with van der Waals surface area (Å²) in [5.74, 6) is 0. The summed E-state index contributed by atoms with van der Waals surface area (Å²) in [6, 6.07) is 10.0. The van der Waals surface area contributed by atoms with Crippen LogP contribution in [0.5, 0.6) is 0 Å². The molecule has 0 atom stereocenters. The third-order valence-corrected chi connectivity index (χ3v) is 2.86. The van der Waals surface area contributed by atoms with Gasteiger partial charge < -0.3 is 5.73 Å². The SMILES string of the molecule is CSc1nccc(-c2ccc(CN)cc2)n1. The normalized spacial score (nSPS) is 10.4. The molecule has 0 radical (unpaired) electrons. The zero-order valence-electron chi connectivity index (χ0n) is 9.05. The topological polar surface area (TPSA) is 51.8 Å². The van der Waals surface area contributed by atoms with Gasteiger partial charge in [-0.15, -0.1) is 0 Å². The van der Waals surface area contributed by atoms with Gasteiger partial charge in [-0.05, 0) is 17.9 Å². The first kappa shape index (κ1) is 11.1. The molecule has 0 bridgehead atoms. The van der Waals surface area contributed by atoms with Gasteiger partial charge in [0.15, 0.2) is 5.16 Å². The Morgan fingerprint density at radius 1 is 1.19 bits per heavy atom. The van der Waals surface area contributed by atoms with Crippen molar-refractivity contribution in [3.8, 4) is 11.3 Å². The van der Waals surface area contributed by atoms with E-state index in [0.29, 0.717) is 6.54 Å². The van der Waals surface area contributed by atoms with E-state index in [4.69, 9.17) is 5.73 Å². The summed E-state index contributed by atoms with van der Waals surface area (Å²) >= 11 is 1.54. The molecule has 3 nitrogen and oxygen atoms in total. The van der Waals surface area contributed by atoms with Crippen LogP contribution in [0.1, 0.15) is 5.56 Å². The van der Waals surface area contributed by atoms with Crippen molar-refractivity contribution in [3.05, 3.63) is 42.1 Å². The molecule has 0 amide bonds. The summed E-state index contributed by atoms with van der Waals surface area (Å²) < 4.78 is 0. The van der Waals surface area contributed by atoms with Gasteiger partial charge in [-0.2, -0.15) is 0 Å². The van der Waals surface area contributed by atoms with Crippen LogP contribution in [0.2, 0.25) is 0 Å². The van der Waals surface area contributed by atoms with Gasteiger partial charge in [0.2, 0.25) is 0 Å². The zero-order chi connectivity index (χ0) is 11.4. The van der Waals surface area contributed by atoms with Gasteiger partial charge in [-0.25, -0.2) is 9.97 Å². The lowest BCUT2D eigenvalue weighted by Gasteiger charge is -2.03. The molecule has 4 heteroatoms. The van der Waals surface area contributed by atoms with Gasteiger partial charge in [-0.3, -0.25) is 0 Å². The van der Waals surface area contributed by atoms with E-state index in [9.17, 15) is 0 Å². The lowest BCUT2D eigenvalue weighted by molar-refractivity contribution is 0.976. The molecule has 1 heterocycles. The van der Waals surface area contributed by atoms with Crippen molar-refractivity contribution in [2.75, 3.05) is 6.26 Å². The number of benzene rings is 1. The van der Waals surface area contributed by atoms with Gasteiger partial charge in [0, 0.05) is 18.3 Å². The highest BCUT2D eigenvalue weighted by atomic mass is 32.2. The van der Waals surface area contributed by atoms with Crippen LogP contribution in [0.15, 0.2) is 41.7 Å². The fourth-order valence-electron chi connectivity index (χ4n) is 1.41. The van der Waals surface area contributed by atoms with Crippen molar-refractivity contribution in [2.45, 2.75) is 11.7 Å². The van der Waals surface area contributed by atoms with Crippen LogP contribution in [0, 0.1) is 0 Å². The third kappa shape index (κ3) is 2.40. The van der Waals surface area contributed by atoms with E-state index >= 15 is 0 Å². The maximum atomic E-state index is 5.56. The molecule has 0 fully saturated rings. The van der Waals surface area contributed by atoms with E-state index in [0.717, 1.165) is 22.0 Å². The predicted octanol–water partition coefficient (Wildman–Crippen LogP) is 2.32. The summed E-state index contributed by atoms with van der Waals surface area (Å²) in [7, 11) is 0. The highest BCUT2D eigenvalue weighted by Gasteiger charge is 2.01. The quantitative estimate of drug-likeness (QED) is 0.650. The second kappa shape index (κ2) is 5.09. The van der Waals surface area contributed by atoms with E-state index in [1.165, 1.54) is 0 Å². The smallest absolute Gasteiger partial charge is 0.187 e. The average Bonchev–Trinajstić information content (AvgIpc) is 2.39. The Kier molecular flexibility index (Phi) is 3.54. The summed E-state index contributed by atoms with van der Waals surface area (Å²) in [5, 5.41) is 0.792. The van der Waals surface area contributed by atoms with E-state index in [-0.39, 0.29) is 0 Å². The van der Waals surface area contributed by atoms with Crippen molar-refractivity contribution >= 4 is 11.8 Å². The standard InChI is InChI=1S/C12H13N3S/c1-16-12-14-7-6-11(15-12)10-4-2-9(8-13)3-5-10/h2-7H,8,13H2,1H3. The minimum atomic E-state index is 0.570. The molecular formula is C12H13N3S. The average molecular weight is 231 g/mol. The summed E-state index contributed by atoms with van der Waals surface area (Å²) in [4.78, 5) is 8.59. The van der Waals surface area contributed by atoms with E-state index < -0.39 is 0 Å². The lowest BCUT2D eigenvalue weighted by atomic mass is 10.1. The predicted molar refractivity (Wildman–Crippen MR) is 67.1 cm³/mol. The first-order valence-electron chi connectivity index (χ1n) is 5.00. The summed E-state index contributed by atoms with van der Waals surface area (Å²) in [6.07, 6.45) is 3.75. The van der Waals surface area contributed by atoms with Crippen LogP contribution in [0.4, 0.5) is 0 Å². The Morgan fingerprint density at radius 3 is 2.56 bits per heavy atom. The van der Waals surface area contributed by atoms with Crippen molar-refractivity contribution in [1.29, 1.82) is 0 Å². The highest BCUT2D eigenvalue weighted by molar-refractivity contribution is 7.98. The first-order chi connectivity index (χ1) is 7.83. The lowest BCUT2D eigenvalue weighted by Crippen LogP contribution is -1.95. The molecule has 0 spiro atoms. The van der Waals surface area contributed by atoms with Gasteiger partial charge in [0.05, 0.1) is 5.69 Å². The molecule has 1 aromatic heterocycles. The molecule has 1 aromatic carbocycles. The van der Waals surface area contributed by atoms with Gasteiger partial charge in [0.25, 0.3) is 0 Å². The second-order valence-electron chi connectivity index (χ2n) is 3.33. The first-order valence-corrected chi connectivity index (χ1v) is 6.22. The minimum Gasteiger partial charge on any atom is -0.326 e. The van der Waals surface area contributed by atoms with E-state index in [1.807, 2.05) is 36.6 Å². The fourth-order valence-corrected chi connectivity index (χ4v) is 1.77. The van der Waals surface area contributed by atoms with Gasteiger partial charge in [0.1, 0.15) is 0 Å². The Bertz CT molecular complexity index is 468. The Morgan fingerprint density at radius 2 is 1.94 bits per heavy atom. The van der Waals surface area contributed by atoms with E-state index in [2.05, 4.69) is 9.97 Å². The van der Waals surface area contributed by atoms with Crippen LogP contribution < -0.4 is 5.73 Å². The van der Waals surface area contributed by atoms with Crippen LogP contribution >= 0.6 is 11.8 Å². The maximum absolute atomic E-state index is 5.56. The van der Waals surface area contributed by atoms with Crippen LogP contribution in [-0.4, -0.2) is 16.2 Å². The monoisotopic (exact) mass is 231 g/mol. The van der Waals surface area contributed by atoms with E-state index in [1.54, 1.807) is 18.0 Å². The molecule has 0 aliphatic carbocycles. The Balaban J connectivity index is 2.34. The van der Waals surface area contributed by atoms with Crippen molar-refractivity contribution in [3.63, 3.8) is 0 Å². The number of hydrogen-bond acceptors (Lipinski definition) is 4. The number of thioether (sulfide) groups is 1. The molecule has 2 N–H and O–H groups in total. The zero-order valence-corrected chi connectivity index (χ0v) is 9.87. The third-order valence-electron chi connectivity index (χ3n) is 2.30. The number of nitrogens with zero attached hydrogens (tertiary/aromatic N) is 2. The number of aromatic nitrogens is 2. The molecule has 0 saturated carbocycles.